The van der Waals surface area contributed by atoms with Crippen LogP contribution in [0, 0.1) is 0 Å². The Balaban J connectivity index is 1.96. The molecule has 0 N–H and O–H groups in total. The van der Waals surface area contributed by atoms with E-state index in [1.165, 1.54) is 4.90 Å². The number of carbonyl (C=O) groups is 1. The summed E-state index contributed by atoms with van der Waals surface area (Å²) in [6.45, 7) is -1.28. The van der Waals surface area contributed by atoms with Crippen LogP contribution < -0.4 is 0 Å². The normalized spacial score (nSPS) is 15.7. The summed E-state index contributed by atoms with van der Waals surface area (Å²) in [5.41, 5.74) is 1.47. The molecule has 18 heavy (non-hydrogen) atoms. The molecule has 0 radical (unpaired) electrons. The summed E-state index contributed by atoms with van der Waals surface area (Å²) in [6.07, 6.45) is -3.73. The average molecular weight is 259 g/mol. The lowest BCUT2D eigenvalue weighted by atomic mass is 10.00. The summed E-state index contributed by atoms with van der Waals surface area (Å²) >= 11 is 0. The Bertz CT molecular complexity index is 445. The number of hydrogen-bond acceptors (Lipinski definition) is 2. The van der Waals surface area contributed by atoms with Crippen LogP contribution in [0.4, 0.5) is 13.2 Å². The van der Waals surface area contributed by atoms with Gasteiger partial charge in [-0.25, -0.2) is 0 Å². The number of rotatable bonds is 3. The van der Waals surface area contributed by atoms with E-state index in [1.807, 2.05) is 12.1 Å². The molecule has 1 amide bonds. The summed E-state index contributed by atoms with van der Waals surface area (Å²) < 4.78 is 40.3. The molecule has 6 heteroatoms. The number of ether oxygens (including phenoxy) is 1. The van der Waals surface area contributed by atoms with E-state index in [9.17, 15) is 18.0 Å². The molecular formula is C12H12F3NO2. The lowest BCUT2D eigenvalue weighted by Gasteiger charge is -2.28. The average Bonchev–Trinajstić information content (AvgIpc) is 2.31. The van der Waals surface area contributed by atoms with Gasteiger partial charge in [-0.2, -0.15) is 13.2 Å². The smallest absolute Gasteiger partial charge is 0.352 e. The van der Waals surface area contributed by atoms with Gasteiger partial charge in [-0.1, -0.05) is 18.2 Å². The Hall–Kier alpha value is -1.56. The Labute approximate surface area is 102 Å². The van der Waals surface area contributed by atoms with Crippen LogP contribution in [0.3, 0.4) is 0 Å². The fourth-order valence-electron chi connectivity index (χ4n) is 1.87. The van der Waals surface area contributed by atoms with Gasteiger partial charge in [0.15, 0.2) is 0 Å². The van der Waals surface area contributed by atoms with E-state index in [0.717, 1.165) is 5.56 Å². The molecule has 2 rings (SSSR count). The van der Waals surface area contributed by atoms with E-state index >= 15 is 0 Å². The van der Waals surface area contributed by atoms with E-state index in [1.54, 1.807) is 12.1 Å². The van der Waals surface area contributed by atoms with Gasteiger partial charge in [-0.15, -0.1) is 0 Å². The summed E-state index contributed by atoms with van der Waals surface area (Å²) in [6, 6.07) is 7.09. The fraction of sp³-hybridized carbons (Fsp3) is 0.417. The van der Waals surface area contributed by atoms with Gasteiger partial charge in [0, 0.05) is 12.1 Å². The fourth-order valence-corrected chi connectivity index (χ4v) is 1.87. The van der Waals surface area contributed by atoms with Crippen LogP contribution in [0.15, 0.2) is 24.3 Å². The highest BCUT2D eigenvalue weighted by molar-refractivity contribution is 5.96. The Kier molecular flexibility index (Phi) is 3.56. The van der Waals surface area contributed by atoms with Gasteiger partial charge < -0.3 is 9.64 Å². The summed E-state index contributed by atoms with van der Waals surface area (Å²) in [5.74, 6) is -0.279. The maximum absolute atomic E-state index is 11.9. The second-order valence-corrected chi connectivity index (χ2v) is 4.07. The molecule has 0 aromatic heterocycles. The minimum Gasteiger partial charge on any atom is -0.352 e. The van der Waals surface area contributed by atoms with Crippen LogP contribution in [0.2, 0.25) is 0 Å². The number of amides is 1. The van der Waals surface area contributed by atoms with Gasteiger partial charge in [0.1, 0.15) is 13.3 Å². The first-order valence-corrected chi connectivity index (χ1v) is 5.49. The van der Waals surface area contributed by atoms with Crippen LogP contribution >= 0.6 is 0 Å². The van der Waals surface area contributed by atoms with E-state index < -0.39 is 12.8 Å². The van der Waals surface area contributed by atoms with Gasteiger partial charge in [0.2, 0.25) is 0 Å². The maximum Gasteiger partial charge on any atom is 0.411 e. The third kappa shape index (κ3) is 3.01. The molecule has 0 unspecified atom stereocenters. The molecule has 1 aliphatic heterocycles. The Morgan fingerprint density at radius 3 is 2.72 bits per heavy atom. The number of fused-ring (bicyclic) bond motifs is 1. The SMILES string of the molecule is O=C1c2ccccc2CCN1COCC(F)(F)F. The highest BCUT2D eigenvalue weighted by Gasteiger charge is 2.29. The van der Waals surface area contributed by atoms with Crippen LogP contribution in [0.1, 0.15) is 15.9 Å². The van der Waals surface area contributed by atoms with Crippen molar-refractivity contribution < 1.29 is 22.7 Å². The van der Waals surface area contributed by atoms with Crippen LogP contribution in [0.5, 0.6) is 0 Å². The summed E-state index contributed by atoms with van der Waals surface area (Å²) in [5, 5.41) is 0. The molecule has 0 saturated heterocycles. The first-order valence-electron chi connectivity index (χ1n) is 5.49. The molecule has 1 aromatic rings. The number of nitrogens with zero attached hydrogens (tertiary/aromatic N) is 1. The molecule has 1 aliphatic rings. The molecule has 0 spiro atoms. The molecule has 3 nitrogen and oxygen atoms in total. The molecule has 0 atom stereocenters. The van der Waals surface area contributed by atoms with Crippen molar-refractivity contribution in [1.82, 2.24) is 4.90 Å². The summed E-state index contributed by atoms with van der Waals surface area (Å²) in [7, 11) is 0. The number of carbonyl (C=O) groups excluding carboxylic acids is 1. The van der Waals surface area contributed by atoms with Gasteiger partial charge >= 0.3 is 6.18 Å². The van der Waals surface area contributed by atoms with Gasteiger partial charge in [0.25, 0.3) is 5.91 Å². The zero-order valence-electron chi connectivity index (χ0n) is 9.54. The van der Waals surface area contributed by atoms with E-state index in [2.05, 4.69) is 4.74 Å². The van der Waals surface area contributed by atoms with Crippen molar-refractivity contribution >= 4 is 5.91 Å². The summed E-state index contributed by atoms with van der Waals surface area (Å²) in [4.78, 5) is 13.2. The first kappa shape index (κ1) is 12.9. The van der Waals surface area contributed by atoms with Crippen molar-refractivity contribution in [2.45, 2.75) is 12.6 Å². The van der Waals surface area contributed by atoms with Crippen molar-refractivity contribution in [2.75, 3.05) is 19.9 Å². The molecular weight excluding hydrogens is 247 g/mol. The Morgan fingerprint density at radius 1 is 1.28 bits per heavy atom. The minimum atomic E-state index is -4.36. The highest BCUT2D eigenvalue weighted by Crippen LogP contribution is 2.19. The third-order valence-corrected chi connectivity index (χ3v) is 2.70. The lowest BCUT2D eigenvalue weighted by molar-refractivity contribution is -0.181. The second kappa shape index (κ2) is 4.97. The molecule has 0 aliphatic carbocycles. The topological polar surface area (TPSA) is 29.5 Å². The molecule has 0 saturated carbocycles. The van der Waals surface area contributed by atoms with Gasteiger partial charge in [-0.05, 0) is 18.1 Å². The molecule has 98 valence electrons. The monoisotopic (exact) mass is 259 g/mol. The third-order valence-electron chi connectivity index (χ3n) is 2.70. The number of benzene rings is 1. The number of halogens is 3. The van der Waals surface area contributed by atoms with Crippen molar-refractivity contribution in [3.8, 4) is 0 Å². The standard InChI is InChI=1S/C12H12F3NO2/c13-12(14,15)7-18-8-16-6-5-9-3-1-2-4-10(9)11(16)17/h1-4H,5-8H2. The molecule has 1 heterocycles. The quantitative estimate of drug-likeness (QED) is 0.833. The highest BCUT2D eigenvalue weighted by atomic mass is 19.4. The van der Waals surface area contributed by atoms with E-state index in [-0.39, 0.29) is 12.6 Å². The predicted molar refractivity (Wildman–Crippen MR) is 58.1 cm³/mol. The zero-order chi connectivity index (χ0) is 13.2. The van der Waals surface area contributed by atoms with Crippen molar-refractivity contribution in [1.29, 1.82) is 0 Å². The zero-order valence-corrected chi connectivity index (χ0v) is 9.54. The maximum atomic E-state index is 11.9. The number of alkyl halides is 3. The second-order valence-electron chi connectivity index (χ2n) is 4.07. The lowest BCUT2D eigenvalue weighted by Crippen LogP contribution is -2.39. The number of hydrogen-bond donors (Lipinski definition) is 0. The minimum absolute atomic E-state index is 0.279. The first-order chi connectivity index (χ1) is 8.47. The molecule has 0 fully saturated rings. The van der Waals surface area contributed by atoms with Crippen LogP contribution in [-0.2, 0) is 11.2 Å². The van der Waals surface area contributed by atoms with Crippen LogP contribution in [0.25, 0.3) is 0 Å². The van der Waals surface area contributed by atoms with Crippen molar-refractivity contribution in [2.24, 2.45) is 0 Å². The molecule has 1 aromatic carbocycles. The van der Waals surface area contributed by atoms with Crippen molar-refractivity contribution in [3.63, 3.8) is 0 Å². The van der Waals surface area contributed by atoms with Gasteiger partial charge in [0.05, 0.1) is 0 Å². The van der Waals surface area contributed by atoms with E-state index in [0.29, 0.717) is 18.5 Å². The van der Waals surface area contributed by atoms with Gasteiger partial charge in [-0.3, -0.25) is 4.79 Å². The largest absolute Gasteiger partial charge is 0.411 e. The van der Waals surface area contributed by atoms with E-state index in [4.69, 9.17) is 0 Å². The van der Waals surface area contributed by atoms with Crippen molar-refractivity contribution in [3.05, 3.63) is 35.4 Å². The van der Waals surface area contributed by atoms with Crippen LogP contribution in [-0.4, -0.2) is 36.9 Å². The Morgan fingerprint density at radius 2 is 2.00 bits per heavy atom. The molecule has 0 bridgehead atoms. The predicted octanol–water partition coefficient (Wildman–Crippen LogP) is 2.22.